The number of rotatable bonds is 9. The smallest absolute Gasteiger partial charge is 0.320 e. The van der Waals surface area contributed by atoms with Crippen LogP contribution in [0, 0.1) is 5.92 Å². The van der Waals surface area contributed by atoms with Crippen molar-refractivity contribution in [3.63, 3.8) is 0 Å². The monoisotopic (exact) mass is 418 g/mol. The number of sulfonamides is 1. The minimum Gasteiger partial charge on any atom is -0.463 e. The van der Waals surface area contributed by atoms with Crippen molar-refractivity contribution in [1.82, 2.24) is 19.7 Å². The maximum absolute atomic E-state index is 11.4. The first-order valence-electron chi connectivity index (χ1n) is 9.50. The van der Waals surface area contributed by atoms with Gasteiger partial charge in [0.25, 0.3) is 0 Å². The number of fused-ring (bicyclic) bond motifs is 1. The zero-order valence-corrected chi connectivity index (χ0v) is 17.6. The number of hydrogen-bond acceptors (Lipinski definition) is 7. The summed E-state index contributed by atoms with van der Waals surface area (Å²) in [5, 5.41) is 13.6. The van der Waals surface area contributed by atoms with Crippen molar-refractivity contribution >= 4 is 26.9 Å². The summed E-state index contributed by atoms with van der Waals surface area (Å²) in [5.74, 6) is 1.14. The lowest BCUT2D eigenvalue weighted by atomic mass is 10.1. The van der Waals surface area contributed by atoms with E-state index in [1.165, 1.54) is 12.1 Å². The van der Waals surface area contributed by atoms with E-state index in [1.807, 2.05) is 6.92 Å². The Labute approximate surface area is 170 Å². The summed E-state index contributed by atoms with van der Waals surface area (Å²) in [6.07, 6.45) is 2.64. The third-order valence-corrected chi connectivity index (χ3v) is 5.34. The molecule has 29 heavy (non-hydrogen) atoms. The standard InChI is InChI=1S/C19H26N6O3S/c1-4-25-18-16(12-22-25)17(23-19(24-18)28-10-9-13(2)3)21-11-14-5-7-15(8-6-14)29(20,26)27/h5-8,12-13H,4,9-11H2,1-3H3,(H2,20,26,27)(H,21,23,24). The summed E-state index contributed by atoms with van der Waals surface area (Å²) >= 11 is 0. The molecule has 9 nitrogen and oxygen atoms in total. The second-order valence-corrected chi connectivity index (χ2v) is 8.69. The Kier molecular flexibility index (Phi) is 6.33. The first kappa shape index (κ1) is 21.0. The van der Waals surface area contributed by atoms with Crippen molar-refractivity contribution in [2.45, 2.75) is 45.2 Å². The van der Waals surface area contributed by atoms with Gasteiger partial charge >= 0.3 is 6.01 Å². The lowest BCUT2D eigenvalue weighted by molar-refractivity contribution is 0.269. The molecule has 10 heteroatoms. The van der Waals surface area contributed by atoms with Gasteiger partial charge in [-0.25, -0.2) is 18.2 Å². The van der Waals surface area contributed by atoms with Gasteiger partial charge in [0, 0.05) is 13.1 Å². The molecule has 0 radical (unpaired) electrons. The Balaban J connectivity index is 1.82. The van der Waals surface area contributed by atoms with Gasteiger partial charge in [-0.15, -0.1) is 0 Å². The van der Waals surface area contributed by atoms with Gasteiger partial charge in [-0.2, -0.15) is 15.1 Å². The first-order chi connectivity index (χ1) is 13.8. The van der Waals surface area contributed by atoms with Gasteiger partial charge in [0.1, 0.15) is 5.82 Å². The maximum Gasteiger partial charge on any atom is 0.320 e. The molecule has 2 aromatic heterocycles. The molecule has 0 bridgehead atoms. The zero-order valence-electron chi connectivity index (χ0n) is 16.8. The Hall–Kier alpha value is -2.72. The lowest BCUT2D eigenvalue weighted by Crippen LogP contribution is -2.12. The first-order valence-corrected chi connectivity index (χ1v) is 11.0. The molecule has 3 rings (SSSR count). The van der Waals surface area contributed by atoms with E-state index in [0.717, 1.165) is 17.4 Å². The molecular weight excluding hydrogens is 392 g/mol. The summed E-state index contributed by atoms with van der Waals surface area (Å²) in [6.45, 7) is 7.92. The third-order valence-electron chi connectivity index (χ3n) is 4.41. The highest BCUT2D eigenvalue weighted by atomic mass is 32.2. The van der Waals surface area contributed by atoms with E-state index in [0.29, 0.717) is 43.1 Å². The van der Waals surface area contributed by atoms with E-state index in [1.54, 1.807) is 23.0 Å². The summed E-state index contributed by atoms with van der Waals surface area (Å²) in [7, 11) is -3.70. The number of primary sulfonamides is 1. The molecule has 0 aliphatic carbocycles. The van der Waals surface area contributed by atoms with Crippen molar-refractivity contribution in [2.24, 2.45) is 11.1 Å². The summed E-state index contributed by atoms with van der Waals surface area (Å²) in [5.41, 5.74) is 1.59. The summed E-state index contributed by atoms with van der Waals surface area (Å²) in [6, 6.07) is 6.69. The van der Waals surface area contributed by atoms with Crippen LogP contribution in [-0.2, 0) is 23.1 Å². The Bertz CT molecular complexity index is 1080. The predicted molar refractivity (Wildman–Crippen MR) is 111 cm³/mol. The van der Waals surface area contributed by atoms with Gasteiger partial charge in [0.2, 0.25) is 10.0 Å². The van der Waals surface area contributed by atoms with Gasteiger partial charge in [0.05, 0.1) is 23.1 Å². The molecule has 0 saturated heterocycles. The van der Waals surface area contributed by atoms with Crippen molar-refractivity contribution in [2.75, 3.05) is 11.9 Å². The molecule has 0 fully saturated rings. The SMILES string of the molecule is CCn1ncc2c(NCc3ccc(S(N)(=O)=O)cc3)nc(OCCC(C)C)nc21. The number of nitrogens with one attached hydrogen (secondary N) is 1. The highest BCUT2D eigenvalue weighted by molar-refractivity contribution is 7.89. The van der Waals surface area contributed by atoms with Gasteiger partial charge in [0.15, 0.2) is 5.65 Å². The fourth-order valence-electron chi connectivity index (χ4n) is 2.73. The van der Waals surface area contributed by atoms with Crippen LogP contribution < -0.4 is 15.2 Å². The van der Waals surface area contributed by atoms with Crippen LogP contribution in [-0.4, -0.2) is 34.8 Å². The zero-order chi connectivity index (χ0) is 21.0. The van der Waals surface area contributed by atoms with E-state index in [2.05, 4.69) is 34.2 Å². The van der Waals surface area contributed by atoms with E-state index >= 15 is 0 Å². The van der Waals surface area contributed by atoms with Crippen LogP contribution in [0.4, 0.5) is 5.82 Å². The van der Waals surface area contributed by atoms with Crippen LogP contribution in [0.5, 0.6) is 6.01 Å². The second kappa shape index (κ2) is 8.75. The predicted octanol–water partition coefficient (Wildman–Crippen LogP) is 2.53. The van der Waals surface area contributed by atoms with E-state index in [4.69, 9.17) is 9.88 Å². The fourth-order valence-corrected chi connectivity index (χ4v) is 3.25. The molecule has 3 N–H and O–H groups in total. The number of hydrogen-bond donors (Lipinski definition) is 2. The molecule has 0 aliphatic rings. The average Bonchev–Trinajstić information content (AvgIpc) is 3.08. The number of ether oxygens (including phenoxy) is 1. The fraction of sp³-hybridized carbons (Fsp3) is 0.421. The van der Waals surface area contributed by atoms with E-state index in [9.17, 15) is 8.42 Å². The van der Waals surface area contributed by atoms with E-state index < -0.39 is 10.0 Å². The number of aryl methyl sites for hydroxylation is 1. The van der Waals surface area contributed by atoms with Crippen molar-refractivity contribution in [1.29, 1.82) is 0 Å². The topological polar surface area (TPSA) is 125 Å². The minimum absolute atomic E-state index is 0.0794. The van der Waals surface area contributed by atoms with Crippen LogP contribution in [0.15, 0.2) is 35.4 Å². The summed E-state index contributed by atoms with van der Waals surface area (Å²) in [4.78, 5) is 9.09. The number of nitrogens with two attached hydrogens (primary N) is 1. The second-order valence-electron chi connectivity index (χ2n) is 7.13. The largest absolute Gasteiger partial charge is 0.463 e. The number of aromatic nitrogens is 4. The van der Waals surface area contributed by atoms with Crippen LogP contribution in [0.2, 0.25) is 0 Å². The molecule has 0 spiro atoms. The molecule has 0 aliphatic heterocycles. The van der Waals surface area contributed by atoms with Crippen LogP contribution >= 0.6 is 0 Å². The molecule has 0 amide bonds. The molecule has 0 saturated carbocycles. The van der Waals surface area contributed by atoms with Crippen molar-refractivity contribution in [3.8, 4) is 6.01 Å². The maximum atomic E-state index is 11.4. The van der Waals surface area contributed by atoms with Crippen molar-refractivity contribution < 1.29 is 13.2 Å². The average molecular weight is 419 g/mol. The number of anilines is 1. The van der Waals surface area contributed by atoms with Gasteiger partial charge in [-0.05, 0) is 37.0 Å². The van der Waals surface area contributed by atoms with Crippen LogP contribution in [0.25, 0.3) is 11.0 Å². The lowest BCUT2D eigenvalue weighted by Gasteiger charge is -2.11. The van der Waals surface area contributed by atoms with E-state index in [-0.39, 0.29) is 4.90 Å². The van der Waals surface area contributed by atoms with Gasteiger partial charge in [-0.3, -0.25) is 0 Å². The summed E-state index contributed by atoms with van der Waals surface area (Å²) < 4.78 is 30.3. The van der Waals surface area contributed by atoms with Crippen LogP contribution in [0.3, 0.4) is 0 Å². The Morgan fingerprint density at radius 3 is 2.55 bits per heavy atom. The molecule has 1 aromatic carbocycles. The van der Waals surface area contributed by atoms with Gasteiger partial charge in [-0.1, -0.05) is 26.0 Å². The molecular formula is C19H26N6O3S. The highest BCUT2D eigenvalue weighted by Gasteiger charge is 2.14. The molecule has 3 aromatic rings. The highest BCUT2D eigenvalue weighted by Crippen LogP contribution is 2.24. The molecule has 156 valence electrons. The van der Waals surface area contributed by atoms with Crippen molar-refractivity contribution in [3.05, 3.63) is 36.0 Å². The molecule has 0 atom stereocenters. The number of benzene rings is 1. The quantitative estimate of drug-likeness (QED) is 0.547. The van der Waals surface area contributed by atoms with Gasteiger partial charge < -0.3 is 10.1 Å². The van der Waals surface area contributed by atoms with Crippen LogP contribution in [0.1, 0.15) is 32.8 Å². The molecule has 0 unspecified atom stereocenters. The third kappa shape index (κ3) is 5.21. The normalized spacial score (nSPS) is 11.9. The number of nitrogens with zero attached hydrogens (tertiary/aromatic N) is 4. The minimum atomic E-state index is -3.70. The Morgan fingerprint density at radius 1 is 1.21 bits per heavy atom. The Morgan fingerprint density at radius 2 is 1.93 bits per heavy atom. The molecule has 2 heterocycles.